The quantitative estimate of drug-likeness (QED) is 0.490. The zero-order chi connectivity index (χ0) is 25.0. The van der Waals surface area contributed by atoms with Gasteiger partial charge in [0.25, 0.3) is 5.91 Å². The van der Waals surface area contributed by atoms with E-state index < -0.39 is 18.1 Å². The first-order valence-electron chi connectivity index (χ1n) is 11.5. The maximum atomic E-state index is 13.6. The molecule has 1 aliphatic rings. The Bertz CT molecular complexity index is 1190. The number of fused-ring (bicyclic) bond motifs is 2. The molecule has 0 bridgehead atoms. The van der Waals surface area contributed by atoms with Crippen LogP contribution in [0.15, 0.2) is 48.5 Å². The molecule has 1 heterocycles. The SMILES string of the molecule is CC.CCC(C)Oc1c2c(c(OC)c3ccccc13)C(O)N(c1ccc(CC(=O)O)cc1)C2=O. The van der Waals surface area contributed by atoms with E-state index in [1.54, 1.807) is 24.3 Å². The van der Waals surface area contributed by atoms with Crippen LogP contribution in [0.25, 0.3) is 10.8 Å². The zero-order valence-corrected chi connectivity index (χ0v) is 20.2. The summed E-state index contributed by atoms with van der Waals surface area (Å²) in [5.41, 5.74) is 1.70. The smallest absolute Gasteiger partial charge is 0.307 e. The lowest BCUT2D eigenvalue weighted by Gasteiger charge is -2.22. The molecular formula is C27H31NO6. The molecule has 4 rings (SSSR count). The Hall–Kier alpha value is -3.58. The van der Waals surface area contributed by atoms with E-state index in [0.717, 1.165) is 17.2 Å². The number of carbonyl (C=O) groups excluding carboxylic acids is 1. The van der Waals surface area contributed by atoms with Gasteiger partial charge in [-0.05, 0) is 31.0 Å². The van der Waals surface area contributed by atoms with Crippen LogP contribution in [0.1, 0.15) is 61.8 Å². The topological polar surface area (TPSA) is 96.3 Å². The highest BCUT2D eigenvalue weighted by atomic mass is 16.5. The fourth-order valence-electron chi connectivity index (χ4n) is 4.05. The fourth-order valence-corrected chi connectivity index (χ4v) is 4.05. The molecule has 7 heteroatoms. The van der Waals surface area contributed by atoms with E-state index in [4.69, 9.17) is 14.6 Å². The molecule has 2 N–H and O–H groups in total. The van der Waals surface area contributed by atoms with Gasteiger partial charge in [0.15, 0.2) is 6.23 Å². The standard InChI is InChI=1S/C25H25NO6.C2H6/c1-4-14(2)32-23-18-8-6-5-7-17(18)22(31-3)20-21(23)25(30)26(24(20)29)16-11-9-15(10-12-16)13-19(27)28;1-2/h5-12,14,24,29H,4,13H2,1-3H3,(H,27,28);1-2H3. The molecule has 7 nitrogen and oxygen atoms in total. The van der Waals surface area contributed by atoms with Crippen LogP contribution in [0.3, 0.4) is 0 Å². The van der Waals surface area contributed by atoms with E-state index in [9.17, 15) is 14.7 Å². The minimum absolute atomic E-state index is 0.122. The van der Waals surface area contributed by atoms with Gasteiger partial charge in [0.2, 0.25) is 0 Å². The first-order valence-corrected chi connectivity index (χ1v) is 11.5. The van der Waals surface area contributed by atoms with Crippen molar-refractivity contribution in [1.29, 1.82) is 0 Å². The summed E-state index contributed by atoms with van der Waals surface area (Å²) < 4.78 is 11.9. The third-order valence-corrected chi connectivity index (χ3v) is 5.76. The molecule has 0 aromatic heterocycles. The number of ether oxygens (including phenoxy) is 2. The second kappa shape index (κ2) is 10.6. The van der Waals surface area contributed by atoms with Crippen LogP contribution in [0.2, 0.25) is 0 Å². The monoisotopic (exact) mass is 465 g/mol. The van der Waals surface area contributed by atoms with Gasteiger partial charge in [-0.1, -0.05) is 57.2 Å². The molecule has 2 atom stereocenters. The van der Waals surface area contributed by atoms with E-state index in [-0.39, 0.29) is 18.1 Å². The number of aliphatic carboxylic acids is 1. The van der Waals surface area contributed by atoms with Crippen molar-refractivity contribution in [3.05, 3.63) is 65.2 Å². The lowest BCUT2D eigenvalue weighted by molar-refractivity contribution is -0.136. The van der Waals surface area contributed by atoms with Gasteiger partial charge in [0.05, 0.1) is 30.8 Å². The van der Waals surface area contributed by atoms with Gasteiger partial charge in [0.1, 0.15) is 11.5 Å². The molecule has 3 aromatic carbocycles. The van der Waals surface area contributed by atoms with E-state index in [1.807, 2.05) is 52.0 Å². The van der Waals surface area contributed by atoms with E-state index in [1.165, 1.54) is 12.0 Å². The van der Waals surface area contributed by atoms with E-state index in [2.05, 4.69) is 0 Å². The summed E-state index contributed by atoms with van der Waals surface area (Å²) in [5.74, 6) is -0.482. The summed E-state index contributed by atoms with van der Waals surface area (Å²) in [4.78, 5) is 25.9. The van der Waals surface area contributed by atoms with Crippen LogP contribution in [-0.2, 0) is 11.2 Å². The third kappa shape index (κ3) is 4.43. The number of carboxylic acid groups (broad SMARTS) is 1. The Morgan fingerprint density at radius 3 is 2.18 bits per heavy atom. The molecule has 0 fully saturated rings. The number of carboxylic acids is 1. The van der Waals surface area contributed by atoms with Crippen molar-refractivity contribution >= 4 is 28.3 Å². The highest BCUT2D eigenvalue weighted by Gasteiger charge is 2.43. The molecule has 0 radical (unpaired) electrons. The van der Waals surface area contributed by atoms with Crippen LogP contribution >= 0.6 is 0 Å². The zero-order valence-electron chi connectivity index (χ0n) is 20.2. The summed E-state index contributed by atoms with van der Waals surface area (Å²) in [5, 5.41) is 21.7. The van der Waals surface area contributed by atoms with Gasteiger partial charge in [-0.25, -0.2) is 0 Å². The maximum Gasteiger partial charge on any atom is 0.307 e. The van der Waals surface area contributed by atoms with Crippen LogP contribution in [-0.4, -0.2) is 35.3 Å². The Labute approximate surface area is 199 Å². The molecule has 1 aliphatic heterocycles. The Morgan fingerprint density at radius 1 is 1.06 bits per heavy atom. The van der Waals surface area contributed by atoms with E-state index >= 15 is 0 Å². The summed E-state index contributed by atoms with van der Waals surface area (Å²) in [6.07, 6.45) is -0.782. The van der Waals surface area contributed by atoms with Crippen LogP contribution < -0.4 is 14.4 Å². The number of methoxy groups -OCH3 is 1. The second-order valence-electron chi connectivity index (χ2n) is 7.82. The molecule has 2 unspecified atom stereocenters. The normalized spacial score (nSPS) is 15.4. The molecule has 1 amide bonds. The average Bonchev–Trinajstić information content (AvgIpc) is 3.10. The van der Waals surface area contributed by atoms with Crippen molar-refractivity contribution in [3.63, 3.8) is 0 Å². The number of aliphatic hydroxyl groups is 1. The first-order chi connectivity index (χ1) is 16.4. The van der Waals surface area contributed by atoms with Gasteiger partial charge in [-0.2, -0.15) is 0 Å². The Balaban J connectivity index is 0.00000158. The summed E-state index contributed by atoms with van der Waals surface area (Å²) >= 11 is 0. The molecule has 0 saturated heterocycles. The molecule has 0 saturated carbocycles. The van der Waals surface area contributed by atoms with Crippen LogP contribution in [0.4, 0.5) is 5.69 Å². The lowest BCUT2D eigenvalue weighted by atomic mass is 9.98. The largest absolute Gasteiger partial charge is 0.496 e. The molecule has 180 valence electrons. The van der Waals surface area contributed by atoms with Crippen molar-refractivity contribution in [2.75, 3.05) is 12.0 Å². The Morgan fingerprint density at radius 2 is 1.65 bits per heavy atom. The number of amides is 1. The van der Waals surface area contributed by atoms with Gasteiger partial charge >= 0.3 is 5.97 Å². The summed E-state index contributed by atoms with van der Waals surface area (Å²) in [7, 11) is 1.51. The average molecular weight is 466 g/mol. The lowest BCUT2D eigenvalue weighted by Crippen LogP contribution is -2.27. The summed E-state index contributed by atoms with van der Waals surface area (Å²) in [6, 6.07) is 14.0. The van der Waals surface area contributed by atoms with Crippen molar-refractivity contribution in [1.82, 2.24) is 0 Å². The third-order valence-electron chi connectivity index (χ3n) is 5.76. The number of anilines is 1. The highest BCUT2D eigenvalue weighted by Crippen LogP contribution is 2.50. The molecule has 0 aliphatic carbocycles. The number of hydrogen-bond acceptors (Lipinski definition) is 5. The van der Waals surface area contributed by atoms with Crippen molar-refractivity contribution < 1.29 is 29.3 Å². The number of rotatable bonds is 7. The molecule has 3 aromatic rings. The fraction of sp³-hybridized carbons (Fsp3) is 0.333. The maximum absolute atomic E-state index is 13.6. The van der Waals surface area contributed by atoms with Crippen LogP contribution in [0, 0.1) is 0 Å². The number of carbonyl (C=O) groups is 2. The number of benzene rings is 3. The van der Waals surface area contributed by atoms with Gasteiger partial charge in [-0.3, -0.25) is 14.5 Å². The summed E-state index contributed by atoms with van der Waals surface area (Å²) in [6.45, 7) is 7.93. The minimum Gasteiger partial charge on any atom is -0.496 e. The molecule has 34 heavy (non-hydrogen) atoms. The van der Waals surface area contributed by atoms with Crippen LogP contribution in [0.5, 0.6) is 11.5 Å². The molecular weight excluding hydrogens is 434 g/mol. The minimum atomic E-state index is -1.28. The van der Waals surface area contributed by atoms with Gasteiger partial charge in [-0.15, -0.1) is 0 Å². The van der Waals surface area contributed by atoms with Crippen molar-refractivity contribution in [2.45, 2.75) is 52.9 Å². The Kier molecular flexibility index (Phi) is 7.79. The second-order valence-corrected chi connectivity index (χ2v) is 7.82. The van der Waals surface area contributed by atoms with Gasteiger partial charge < -0.3 is 19.7 Å². The first kappa shape index (κ1) is 25.1. The molecule has 0 spiro atoms. The van der Waals surface area contributed by atoms with E-state index in [0.29, 0.717) is 28.3 Å². The number of hydrogen-bond donors (Lipinski definition) is 2. The number of aliphatic hydroxyl groups excluding tert-OH is 1. The van der Waals surface area contributed by atoms with Crippen molar-refractivity contribution in [3.8, 4) is 11.5 Å². The number of nitrogens with zero attached hydrogens (tertiary/aromatic N) is 1. The van der Waals surface area contributed by atoms with Crippen molar-refractivity contribution in [2.24, 2.45) is 0 Å². The highest BCUT2D eigenvalue weighted by molar-refractivity contribution is 6.17. The predicted octanol–water partition coefficient (Wildman–Crippen LogP) is 5.33. The predicted molar refractivity (Wildman–Crippen MR) is 132 cm³/mol. The van der Waals surface area contributed by atoms with Gasteiger partial charge in [0, 0.05) is 16.5 Å².